The Morgan fingerprint density at radius 1 is 0.853 bits per heavy atom. The highest BCUT2D eigenvalue weighted by Crippen LogP contribution is 2.29. The van der Waals surface area contributed by atoms with Gasteiger partial charge in [-0.2, -0.15) is 0 Å². The molecule has 1 aliphatic rings. The lowest BCUT2D eigenvalue weighted by Crippen LogP contribution is -2.48. The van der Waals surface area contributed by atoms with Crippen molar-refractivity contribution in [3.05, 3.63) is 82.9 Å². The number of ether oxygens (including phenoxy) is 2. The molecule has 1 amide bonds. The van der Waals surface area contributed by atoms with E-state index in [9.17, 15) is 4.79 Å². The summed E-state index contributed by atoms with van der Waals surface area (Å²) >= 11 is 1.66. The predicted molar refractivity (Wildman–Crippen MR) is 136 cm³/mol. The van der Waals surface area contributed by atoms with Crippen LogP contribution in [0.5, 0.6) is 11.5 Å². The molecule has 0 atom stereocenters. The van der Waals surface area contributed by atoms with Crippen LogP contribution >= 0.6 is 11.3 Å². The summed E-state index contributed by atoms with van der Waals surface area (Å²) in [5.41, 5.74) is 4.16. The molecule has 0 unspecified atom stereocenters. The third-order valence-electron chi connectivity index (χ3n) is 6.40. The van der Waals surface area contributed by atoms with Crippen LogP contribution in [0.1, 0.15) is 21.6 Å². The number of hydrogen-bond donors (Lipinski definition) is 0. The van der Waals surface area contributed by atoms with Gasteiger partial charge in [0.2, 0.25) is 0 Å². The van der Waals surface area contributed by atoms with Gasteiger partial charge in [0.05, 0.1) is 24.4 Å². The van der Waals surface area contributed by atoms with E-state index in [1.165, 1.54) is 5.56 Å². The van der Waals surface area contributed by atoms with Gasteiger partial charge in [0.25, 0.3) is 5.91 Å². The molecule has 0 spiro atoms. The molecule has 3 heterocycles. The Hall–Kier alpha value is -3.29. The minimum Gasteiger partial charge on any atom is -0.497 e. The first kappa shape index (κ1) is 22.5. The second-order valence-electron chi connectivity index (χ2n) is 8.56. The van der Waals surface area contributed by atoms with Gasteiger partial charge in [-0.3, -0.25) is 9.69 Å². The third-order valence-corrected chi connectivity index (χ3v) is 7.26. The summed E-state index contributed by atoms with van der Waals surface area (Å²) in [5.74, 6) is 1.58. The van der Waals surface area contributed by atoms with E-state index in [1.807, 2.05) is 35.2 Å². The van der Waals surface area contributed by atoms with Crippen molar-refractivity contribution in [2.75, 3.05) is 40.4 Å². The predicted octanol–water partition coefficient (Wildman–Crippen LogP) is 4.73. The number of methoxy groups -OCH3 is 2. The van der Waals surface area contributed by atoms with Crippen molar-refractivity contribution >= 4 is 27.5 Å². The maximum absolute atomic E-state index is 13.6. The van der Waals surface area contributed by atoms with E-state index in [0.717, 1.165) is 65.7 Å². The molecule has 1 saturated heterocycles. The number of benzene rings is 2. The van der Waals surface area contributed by atoms with E-state index in [4.69, 9.17) is 9.47 Å². The monoisotopic (exact) mass is 475 g/mol. The van der Waals surface area contributed by atoms with E-state index in [-0.39, 0.29) is 5.91 Å². The maximum atomic E-state index is 13.6. The summed E-state index contributed by atoms with van der Waals surface area (Å²) in [6.07, 6.45) is 0. The standard InChI is InChI=1S/C27H29N3O3S/c1-32-22-14-21(15-23(16-22)33-2)19-30-24-8-13-34-26(24)17-25(30)27(31)29-11-9-28(10-12-29)18-20-6-4-3-5-7-20/h3-8,13-17H,9-12,18-19H2,1-2H3. The minimum absolute atomic E-state index is 0.0950. The Balaban J connectivity index is 1.35. The first-order valence-corrected chi connectivity index (χ1v) is 12.4. The summed E-state index contributed by atoms with van der Waals surface area (Å²) in [4.78, 5) is 18.0. The molecule has 5 rings (SSSR count). The molecular formula is C27H29N3O3S. The molecular weight excluding hydrogens is 446 g/mol. The van der Waals surface area contributed by atoms with Crippen LogP contribution in [0, 0.1) is 0 Å². The molecule has 0 saturated carbocycles. The van der Waals surface area contributed by atoms with Gasteiger partial charge in [-0.1, -0.05) is 30.3 Å². The number of amides is 1. The zero-order valence-electron chi connectivity index (χ0n) is 19.6. The van der Waals surface area contributed by atoms with E-state index in [2.05, 4.69) is 45.2 Å². The fraction of sp³-hybridized carbons (Fsp3) is 0.296. The van der Waals surface area contributed by atoms with Crippen LogP contribution in [0.25, 0.3) is 10.2 Å². The SMILES string of the molecule is COc1cc(Cn2c(C(=O)N3CCN(Cc4ccccc4)CC3)cc3sccc32)cc(OC)c1. The van der Waals surface area contributed by atoms with Gasteiger partial charge in [-0.05, 0) is 40.8 Å². The average molecular weight is 476 g/mol. The highest BCUT2D eigenvalue weighted by atomic mass is 32.1. The van der Waals surface area contributed by atoms with Crippen LogP contribution in [0.15, 0.2) is 66.0 Å². The highest BCUT2D eigenvalue weighted by Gasteiger charge is 2.26. The normalized spacial score (nSPS) is 14.5. The van der Waals surface area contributed by atoms with Crippen molar-refractivity contribution in [1.82, 2.24) is 14.4 Å². The first-order valence-electron chi connectivity index (χ1n) is 11.5. The largest absolute Gasteiger partial charge is 0.497 e. The van der Waals surface area contributed by atoms with E-state index >= 15 is 0 Å². The Labute approximate surface area is 203 Å². The molecule has 0 bridgehead atoms. The molecule has 2 aromatic carbocycles. The van der Waals surface area contributed by atoms with E-state index < -0.39 is 0 Å². The fourth-order valence-electron chi connectivity index (χ4n) is 4.58. The Morgan fingerprint density at radius 2 is 1.56 bits per heavy atom. The van der Waals surface area contributed by atoms with Crippen molar-refractivity contribution in [2.24, 2.45) is 0 Å². The van der Waals surface area contributed by atoms with E-state index in [0.29, 0.717) is 6.54 Å². The van der Waals surface area contributed by atoms with Crippen LogP contribution in [-0.2, 0) is 13.1 Å². The zero-order valence-corrected chi connectivity index (χ0v) is 20.4. The smallest absolute Gasteiger partial charge is 0.270 e. The molecule has 1 aliphatic heterocycles. The minimum atomic E-state index is 0.0950. The summed E-state index contributed by atoms with van der Waals surface area (Å²) < 4.78 is 14.1. The van der Waals surface area contributed by atoms with Crippen LogP contribution < -0.4 is 9.47 Å². The van der Waals surface area contributed by atoms with E-state index in [1.54, 1.807) is 25.6 Å². The van der Waals surface area contributed by atoms with Crippen molar-refractivity contribution in [2.45, 2.75) is 13.1 Å². The van der Waals surface area contributed by atoms with Crippen LogP contribution in [-0.4, -0.2) is 60.7 Å². The molecule has 34 heavy (non-hydrogen) atoms. The lowest BCUT2D eigenvalue weighted by atomic mass is 10.2. The number of hydrogen-bond acceptors (Lipinski definition) is 5. The molecule has 6 nitrogen and oxygen atoms in total. The van der Waals surface area contributed by atoms with Gasteiger partial charge in [-0.15, -0.1) is 11.3 Å². The molecule has 176 valence electrons. The second kappa shape index (κ2) is 9.91. The quantitative estimate of drug-likeness (QED) is 0.388. The van der Waals surface area contributed by atoms with Gasteiger partial charge in [0, 0.05) is 45.3 Å². The number of fused-ring (bicyclic) bond motifs is 1. The molecule has 0 radical (unpaired) electrons. The van der Waals surface area contributed by atoms with Crippen LogP contribution in [0.4, 0.5) is 0 Å². The number of rotatable bonds is 7. The van der Waals surface area contributed by atoms with Crippen molar-refractivity contribution in [3.63, 3.8) is 0 Å². The Kier molecular flexibility index (Phi) is 6.56. The van der Waals surface area contributed by atoms with Crippen LogP contribution in [0.2, 0.25) is 0 Å². The Morgan fingerprint density at radius 3 is 2.24 bits per heavy atom. The van der Waals surface area contributed by atoms with Gasteiger partial charge >= 0.3 is 0 Å². The third kappa shape index (κ3) is 4.67. The van der Waals surface area contributed by atoms with Crippen molar-refractivity contribution in [1.29, 1.82) is 0 Å². The number of carbonyl (C=O) groups is 1. The summed E-state index contributed by atoms with van der Waals surface area (Å²) in [6.45, 7) is 4.72. The lowest BCUT2D eigenvalue weighted by Gasteiger charge is -2.35. The summed E-state index contributed by atoms with van der Waals surface area (Å²) in [6, 6.07) is 20.5. The second-order valence-corrected chi connectivity index (χ2v) is 9.51. The highest BCUT2D eigenvalue weighted by molar-refractivity contribution is 7.17. The van der Waals surface area contributed by atoms with Gasteiger partial charge in [0.1, 0.15) is 17.2 Å². The number of nitrogens with zero attached hydrogens (tertiary/aromatic N) is 3. The molecule has 0 N–H and O–H groups in total. The zero-order chi connectivity index (χ0) is 23.5. The van der Waals surface area contributed by atoms with Crippen molar-refractivity contribution in [3.8, 4) is 11.5 Å². The molecule has 1 fully saturated rings. The van der Waals surface area contributed by atoms with Crippen molar-refractivity contribution < 1.29 is 14.3 Å². The number of carbonyl (C=O) groups excluding carboxylic acids is 1. The maximum Gasteiger partial charge on any atom is 0.270 e. The topological polar surface area (TPSA) is 46.9 Å². The number of piperazine rings is 1. The fourth-order valence-corrected chi connectivity index (χ4v) is 5.40. The molecule has 4 aromatic rings. The van der Waals surface area contributed by atoms with Gasteiger partial charge in [0.15, 0.2) is 0 Å². The first-order chi connectivity index (χ1) is 16.6. The summed E-state index contributed by atoms with van der Waals surface area (Å²) in [5, 5.41) is 2.07. The Bertz CT molecular complexity index is 1250. The van der Waals surface area contributed by atoms with Gasteiger partial charge in [-0.25, -0.2) is 0 Å². The summed E-state index contributed by atoms with van der Waals surface area (Å²) in [7, 11) is 3.30. The lowest BCUT2D eigenvalue weighted by molar-refractivity contribution is 0.0619. The van der Waals surface area contributed by atoms with Crippen LogP contribution in [0.3, 0.4) is 0 Å². The molecule has 0 aliphatic carbocycles. The number of aromatic nitrogens is 1. The molecule has 7 heteroatoms. The van der Waals surface area contributed by atoms with Gasteiger partial charge < -0.3 is 18.9 Å². The number of thiophene rings is 1. The average Bonchev–Trinajstić information content (AvgIpc) is 3.47. The molecule has 2 aromatic heterocycles.